The van der Waals surface area contributed by atoms with Gasteiger partial charge in [0.1, 0.15) is 0 Å². The third-order valence-corrected chi connectivity index (χ3v) is 6.30. The molecule has 0 N–H and O–H groups in total. The summed E-state index contributed by atoms with van der Waals surface area (Å²) in [5.74, 6) is 0. The number of allylic oxidation sites excluding steroid dienone is 1. The van der Waals surface area contributed by atoms with Gasteiger partial charge in [0, 0.05) is 39.9 Å². The fourth-order valence-corrected chi connectivity index (χ4v) is 4.69. The first-order valence-corrected chi connectivity index (χ1v) is 10.1. The molecule has 4 heteroatoms. The summed E-state index contributed by atoms with van der Waals surface area (Å²) < 4.78 is 2.37. The Labute approximate surface area is 171 Å². The van der Waals surface area contributed by atoms with Gasteiger partial charge < -0.3 is 4.57 Å². The third kappa shape index (κ3) is 3.20. The molecular weight excluding hydrogens is 375 g/mol. The largest absolute Gasteiger partial charge is 0.318 e. The summed E-state index contributed by atoms with van der Waals surface area (Å²) >= 11 is 12.5. The first-order chi connectivity index (χ1) is 12.9. The van der Waals surface area contributed by atoms with E-state index < -0.39 is 0 Å². The lowest BCUT2D eigenvalue weighted by Gasteiger charge is -2.31. The molecule has 140 valence electrons. The first-order valence-electron chi connectivity index (χ1n) is 9.34. The second-order valence-electron chi connectivity index (χ2n) is 7.60. The van der Waals surface area contributed by atoms with Crippen LogP contribution in [0.5, 0.6) is 0 Å². The Balaban J connectivity index is 1.96. The molecule has 3 aromatic rings. The van der Waals surface area contributed by atoms with Crippen LogP contribution in [0.3, 0.4) is 0 Å². The van der Waals surface area contributed by atoms with Gasteiger partial charge in [-0.15, -0.1) is 0 Å². The van der Waals surface area contributed by atoms with Crippen molar-refractivity contribution in [1.82, 2.24) is 9.47 Å². The predicted molar refractivity (Wildman–Crippen MR) is 118 cm³/mol. The average Bonchev–Trinajstić information content (AvgIpc) is 2.91. The standard InChI is InChI=1S/C23H24Cl2N2/c1-14-5-8-22-20(11-14)19-9-10-26(4)16(3)23(19)27(22)13-15(2)18-7-6-17(24)12-21(18)25/h5-8,11-13,16H,9-10H2,1-4H3/b15-13+. The summed E-state index contributed by atoms with van der Waals surface area (Å²) in [6.07, 6.45) is 3.30. The van der Waals surface area contributed by atoms with Crippen LogP contribution in [0.1, 0.15) is 42.3 Å². The molecule has 1 aromatic heterocycles. The lowest BCUT2D eigenvalue weighted by atomic mass is 9.98. The van der Waals surface area contributed by atoms with E-state index in [1.54, 1.807) is 6.07 Å². The molecule has 0 saturated carbocycles. The van der Waals surface area contributed by atoms with Crippen molar-refractivity contribution >= 4 is 45.9 Å². The van der Waals surface area contributed by atoms with E-state index in [2.05, 4.69) is 61.7 Å². The summed E-state index contributed by atoms with van der Waals surface area (Å²) in [4.78, 5) is 2.42. The smallest absolute Gasteiger partial charge is 0.0529 e. The van der Waals surface area contributed by atoms with E-state index in [0.717, 1.165) is 24.1 Å². The van der Waals surface area contributed by atoms with Crippen LogP contribution in [0.25, 0.3) is 22.7 Å². The number of hydrogen-bond acceptors (Lipinski definition) is 1. The molecule has 0 radical (unpaired) electrons. The highest BCUT2D eigenvalue weighted by Crippen LogP contribution is 2.38. The van der Waals surface area contributed by atoms with Gasteiger partial charge in [-0.2, -0.15) is 0 Å². The quantitative estimate of drug-likeness (QED) is 0.459. The Morgan fingerprint density at radius 1 is 1.15 bits per heavy atom. The van der Waals surface area contributed by atoms with E-state index in [9.17, 15) is 0 Å². The van der Waals surface area contributed by atoms with Crippen LogP contribution in [0.4, 0.5) is 0 Å². The minimum atomic E-state index is 0.367. The van der Waals surface area contributed by atoms with Crippen molar-refractivity contribution < 1.29 is 0 Å². The minimum Gasteiger partial charge on any atom is -0.318 e. The highest BCUT2D eigenvalue weighted by atomic mass is 35.5. The number of nitrogens with zero attached hydrogens (tertiary/aromatic N) is 2. The Kier molecular flexibility index (Phi) is 4.84. The zero-order valence-corrected chi connectivity index (χ0v) is 17.7. The fraction of sp³-hybridized carbons (Fsp3) is 0.304. The maximum atomic E-state index is 6.46. The SMILES string of the molecule is C/C(=C\n1c2c(c3cc(C)ccc31)CCN(C)C2C)c1ccc(Cl)cc1Cl. The second-order valence-corrected chi connectivity index (χ2v) is 8.44. The number of aromatic nitrogens is 1. The number of likely N-dealkylation sites (N-methyl/N-ethyl adjacent to an activating group) is 1. The Hall–Kier alpha value is -1.74. The van der Waals surface area contributed by atoms with Crippen molar-refractivity contribution in [3.63, 3.8) is 0 Å². The van der Waals surface area contributed by atoms with Crippen LogP contribution >= 0.6 is 23.2 Å². The fourth-order valence-electron chi connectivity index (χ4n) is 4.13. The molecule has 2 aromatic carbocycles. The molecule has 0 fully saturated rings. The highest BCUT2D eigenvalue weighted by molar-refractivity contribution is 6.35. The van der Waals surface area contributed by atoms with E-state index in [1.807, 2.05) is 12.1 Å². The zero-order valence-electron chi connectivity index (χ0n) is 16.2. The number of hydrogen-bond donors (Lipinski definition) is 0. The monoisotopic (exact) mass is 398 g/mol. The normalized spacial score (nSPS) is 18.1. The zero-order chi connectivity index (χ0) is 19.3. The second kappa shape index (κ2) is 7.01. The van der Waals surface area contributed by atoms with Gasteiger partial charge in [-0.3, -0.25) is 4.90 Å². The maximum absolute atomic E-state index is 6.46. The van der Waals surface area contributed by atoms with E-state index in [-0.39, 0.29) is 0 Å². The Bertz CT molecular complexity index is 1060. The van der Waals surface area contributed by atoms with Crippen LogP contribution in [-0.2, 0) is 6.42 Å². The van der Waals surface area contributed by atoms with Gasteiger partial charge in [0.25, 0.3) is 0 Å². The molecule has 27 heavy (non-hydrogen) atoms. The van der Waals surface area contributed by atoms with Crippen LogP contribution < -0.4 is 0 Å². The number of rotatable bonds is 2. The van der Waals surface area contributed by atoms with Gasteiger partial charge in [0.15, 0.2) is 0 Å². The number of fused-ring (bicyclic) bond motifs is 3. The highest BCUT2D eigenvalue weighted by Gasteiger charge is 2.27. The number of benzene rings is 2. The van der Waals surface area contributed by atoms with E-state index in [4.69, 9.17) is 23.2 Å². The van der Waals surface area contributed by atoms with Crippen molar-refractivity contribution in [2.45, 2.75) is 33.2 Å². The summed E-state index contributed by atoms with van der Waals surface area (Å²) in [7, 11) is 2.20. The third-order valence-electron chi connectivity index (χ3n) is 5.76. The van der Waals surface area contributed by atoms with Crippen LogP contribution in [-0.4, -0.2) is 23.1 Å². The molecule has 4 rings (SSSR count). The average molecular weight is 399 g/mol. The molecular formula is C23H24Cl2N2. The van der Waals surface area contributed by atoms with Crippen molar-refractivity contribution in [3.05, 3.63) is 68.8 Å². The topological polar surface area (TPSA) is 8.17 Å². The first kappa shape index (κ1) is 18.6. The molecule has 1 aliphatic heterocycles. The molecule has 0 saturated heterocycles. The van der Waals surface area contributed by atoms with E-state index >= 15 is 0 Å². The van der Waals surface area contributed by atoms with Crippen LogP contribution in [0.2, 0.25) is 10.0 Å². The maximum Gasteiger partial charge on any atom is 0.0529 e. The molecule has 1 unspecified atom stereocenters. The van der Waals surface area contributed by atoms with Crippen LogP contribution in [0, 0.1) is 6.92 Å². The van der Waals surface area contributed by atoms with Gasteiger partial charge in [-0.25, -0.2) is 0 Å². The minimum absolute atomic E-state index is 0.367. The van der Waals surface area contributed by atoms with Gasteiger partial charge in [-0.05, 0) is 75.2 Å². The van der Waals surface area contributed by atoms with Crippen molar-refractivity contribution in [1.29, 1.82) is 0 Å². The molecule has 1 atom stereocenters. The van der Waals surface area contributed by atoms with Crippen molar-refractivity contribution in [3.8, 4) is 0 Å². The van der Waals surface area contributed by atoms with Crippen molar-refractivity contribution in [2.75, 3.05) is 13.6 Å². The molecule has 2 heterocycles. The Morgan fingerprint density at radius 3 is 2.67 bits per heavy atom. The van der Waals surface area contributed by atoms with Crippen molar-refractivity contribution in [2.24, 2.45) is 0 Å². The lowest BCUT2D eigenvalue weighted by Crippen LogP contribution is -2.31. The van der Waals surface area contributed by atoms with E-state index in [0.29, 0.717) is 16.1 Å². The van der Waals surface area contributed by atoms with Gasteiger partial charge in [-0.1, -0.05) is 40.9 Å². The molecule has 2 nitrogen and oxygen atoms in total. The van der Waals surface area contributed by atoms with Gasteiger partial charge >= 0.3 is 0 Å². The van der Waals surface area contributed by atoms with Gasteiger partial charge in [0.2, 0.25) is 0 Å². The summed E-state index contributed by atoms with van der Waals surface area (Å²) in [5.41, 5.74) is 7.56. The molecule has 0 amide bonds. The molecule has 0 aliphatic carbocycles. The predicted octanol–water partition coefficient (Wildman–Crippen LogP) is 6.82. The lowest BCUT2D eigenvalue weighted by molar-refractivity contribution is 0.242. The number of halogens is 2. The molecule has 0 bridgehead atoms. The summed E-state index contributed by atoms with van der Waals surface area (Å²) in [6, 6.07) is 12.8. The van der Waals surface area contributed by atoms with E-state index in [1.165, 1.54) is 27.7 Å². The summed E-state index contributed by atoms with van der Waals surface area (Å²) in [5, 5.41) is 2.71. The Morgan fingerprint density at radius 2 is 1.93 bits per heavy atom. The summed E-state index contributed by atoms with van der Waals surface area (Å²) in [6.45, 7) is 7.65. The molecule has 0 spiro atoms. The van der Waals surface area contributed by atoms with Gasteiger partial charge in [0.05, 0.1) is 5.52 Å². The number of aryl methyl sites for hydroxylation is 1. The molecule has 1 aliphatic rings. The van der Waals surface area contributed by atoms with Crippen LogP contribution in [0.15, 0.2) is 36.4 Å².